The van der Waals surface area contributed by atoms with E-state index >= 15 is 0 Å². The van der Waals surface area contributed by atoms with E-state index in [9.17, 15) is 0 Å². The topological polar surface area (TPSA) is 18.5 Å². The van der Waals surface area contributed by atoms with E-state index in [1.54, 1.807) is 0 Å². The second-order valence-corrected chi connectivity index (χ2v) is 5.63. The number of halogens is 1. The van der Waals surface area contributed by atoms with Crippen molar-refractivity contribution in [2.24, 2.45) is 0 Å². The van der Waals surface area contributed by atoms with Gasteiger partial charge < -0.3 is 9.47 Å². The quantitative estimate of drug-likeness (QED) is 0.572. The van der Waals surface area contributed by atoms with E-state index < -0.39 is 0 Å². The molecule has 20 heavy (non-hydrogen) atoms. The number of benzene rings is 2. The van der Waals surface area contributed by atoms with Crippen LogP contribution in [0, 0.1) is 0 Å². The fourth-order valence-corrected chi connectivity index (χ4v) is 2.03. The Morgan fingerprint density at radius 1 is 0.750 bits per heavy atom. The molecule has 0 aromatic heterocycles. The van der Waals surface area contributed by atoms with E-state index in [0.29, 0.717) is 26.4 Å². The number of hydrogen-bond donors (Lipinski definition) is 0. The molecule has 0 aliphatic heterocycles. The van der Waals surface area contributed by atoms with E-state index in [1.807, 2.05) is 12.1 Å². The lowest BCUT2D eigenvalue weighted by Crippen LogP contribution is -2.05. The highest BCUT2D eigenvalue weighted by Gasteiger charge is 1.95. The molecular formula is C16H18BBrO2. The standard InChI is InChI=1S/C16H18BBrO2/c17-15-5-1-13(2-6-15)11-19-9-10-20-12-14-3-7-16(18)8-4-14/h1-8H,9-12,17H2. The third-order valence-electron chi connectivity index (χ3n) is 2.94. The van der Waals surface area contributed by atoms with Crippen LogP contribution in [0.4, 0.5) is 0 Å². The molecule has 2 nitrogen and oxygen atoms in total. The highest BCUT2D eigenvalue weighted by atomic mass is 79.9. The predicted molar refractivity (Wildman–Crippen MR) is 88.1 cm³/mol. The molecule has 0 fully saturated rings. The van der Waals surface area contributed by atoms with Crippen molar-refractivity contribution in [3.8, 4) is 0 Å². The lowest BCUT2D eigenvalue weighted by atomic mass is 9.95. The van der Waals surface area contributed by atoms with Crippen LogP contribution in [-0.4, -0.2) is 21.1 Å². The SMILES string of the molecule is Bc1ccc(COCCOCc2ccc(Br)cc2)cc1. The van der Waals surface area contributed by atoms with E-state index in [4.69, 9.17) is 9.47 Å². The molecule has 4 heteroatoms. The zero-order valence-corrected chi connectivity index (χ0v) is 13.2. The van der Waals surface area contributed by atoms with Crippen molar-refractivity contribution in [3.05, 3.63) is 64.1 Å². The van der Waals surface area contributed by atoms with Gasteiger partial charge >= 0.3 is 0 Å². The Balaban J connectivity index is 1.57. The molecule has 0 aliphatic carbocycles. The Hall–Kier alpha value is -1.10. The van der Waals surface area contributed by atoms with Gasteiger partial charge in [-0.3, -0.25) is 0 Å². The predicted octanol–water partition coefficient (Wildman–Crippen LogP) is 2.44. The number of rotatable bonds is 7. The average molecular weight is 333 g/mol. The summed E-state index contributed by atoms with van der Waals surface area (Å²) in [6, 6.07) is 16.5. The number of hydrogen-bond acceptors (Lipinski definition) is 2. The lowest BCUT2D eigenvalue weighted by Gasteiger charge is -2.06. The van der Waals surface area contributed by atoms with E-state index in [0.717, 1.165) is 4.47 Å². The molecule has 2 rings (SSSR count). The maximum atomic E-state index is 5.58. The third kappa shape index (κ3) is 5.49. The number of ether oxygens (including phenoxy) is 2. The first kappa shape index (κ1) is 15.3. The van der Waals surface area contributed by atoms with Crippen molar-refractivity contribution < 1.29 is 9.47 Å². The van der Waals surface area contributed by atoms with Crippen LogP contribution < -0.4 is 5.46 Å². The van der Waals surface area contributed by atoms with E-state index in [2.05, 4.69) is 60.2 Å². The maximum Gasteiger partial charge on any atom is 0.139 e. The molecule has 0 spiro atoms. The van der Waals surface area contributed by atoms with Gasteiger partial charge in [-0.15, -0.1) is 0 Å². The van der Waals surface area contributed by atoms with E-state index in [1.165, 1.54) is 16.6 Å². The Bertz CT molecular complexity index is 462. The van der Waals surface area contributed by atoms with Crippen LogP contribution in [0.3, 0.4) is 0 Å². The molecule has 0 amide bonds. The van der Waals surface area contributed by atoms with Crippen molar-refractivity contribution in [3.63, 3.8) is 0 Å². The highest BCUT2D eigenvalue weighted by Crippen LogP contribution is 2.11. The molecule has 0 heterocycles. The van der Waals surface area contributed by atoms with Gasteiger partial charge in [-0.1, -0.05) is 57.8 Å². The van der Waals surface area contributed by atoms with Crippen LogP contribution in [0.25, 0.3) is 0 Å². The van der Waals surface area contributed by atoms with E-state index in [-0.39, 0.29) is 0 Å². The van der Waals surface area contributed by atoms with Crippen LogP contribution in [0.1, 0.15) is 11.1 Å². The largest absolute Gasteiger partial charge is 0.374 e. The summed E-state index contributed by atoms with van der Waals surface area (Å²) in [6.45, 7) is 2.50. The molecule has 0 N–H and O–H groups in total. The second-order valence-electron chi connectivity index (χ2n) is 4.72. The molecule has 104 valence electrons. The van der Waals surface area contributed by atoms with Crippen molar-refractivity contribution in [1.82, 2.24) is 0 Å². The Morgan fingerprint density at radius 2 is 1.20 bits per heavy atom. The molecule has 2 aromatic rings. The summed E-state index contributed by atoms with van der Waals surface area (Å²) < 4.78 is 12.2. The van der Waals surface area contributed by atoms with Gasteiger partial charge in [0.05, 0.1) is 26.4 Å². The summed E-state index contributed by atoms with van der Waals surface area (Å²) in [4.78, 5) is 0. The third-order valence-corrected chi connectivity index (χ3v) is 3.47. The molecule has 0 radical (unpaired) electrons. The summed E-state index contributed by atoms with van der Waals surface area (Å²) in [5, 5.41) is 0. The van der Waals surface area contributed by atoms with Crippen LogP contribution in [0.15, 0.2) is 53.0 Å². The molecule has 0 atom stereocenters. The molecular weight excluding hydrogens is 315 g/mol. The Morgan fingerprint density at radius 3 is 1.70 bits per heavy atom. The molecule has 0 bridgehead atoms. The van der Waals surface area contributed by atoms with Crippen molar-refractivity contribution in [1.29, 1.82) is 0 Å². The minimum Gasteiger partial charge on any atom is -0.374 e. The summed E-state index contributed by atoms with van der Waals surface area (Å²) >= 11 is 3.41. The Labute approximate surface area is 129 Å². The molecule has 0 unspecified atom stereocenters. The zero-order chi connectivity index (χ0) is 14.2. The summed E-state index contributed by atoms with van der Waals surface area (Å²) in [7, 11) is 2.08. The maximum absolute atomic E-state index is 5.58. The van der Waals surface area contributed by atoms with Gasteiger partial charge in [-0.2, -0.15) is 0 Å². The van der Waals surface area contributed by atoms with Gasteiger partial charge in [0.25, 0.3) is 0 Å². The molecule has 0 saturated heterocycles. The molecule has 0 saturated carbocycles. The zero-order valence-electron chi connectivity index (χ0n) is 11.6. The van der Waals surface area contributed by atoms with Crippen LogP contribution in [0.5, 0.6) is 0 Å². The van der Waals surface area contributed by atoms with Gasteiger partial charge in [-0.05, 0) is 23.3 Å². The average Bonchev–Trinajstić information content (AvgIpc) is 2.46. The van der Waals surface area contributed by atoms with Crippen molar-refractivity contribution >= 4 is 29.2 Å². The highest BCUT2D eigenvalue weighted by molar-refractivity contribution is 9.10. The smallest absolute Gasteiger partial charge is 0.139 e. The van der Waals surface area contributed by atoms with Crippen LogP contribution in [0.2, 0.25) is 0 Å². The second kappa shape index (κ2) is 8.25. The summed E-state index contributed by atoms with van der Waals surface area (Å²) in [5.74, 6) is 0. The molecule has 0 aliphatic rings. The normalized spacial score (nSPS) is 10.7. The molecule has 2 aromatic carbocycles. The van der Waals surface area contributed by atoms with Crippen LogP contribution in [-0.2, 0) is 22.7 Å². The summed E-state index contributed by atoms with van der Waals surface area (Å²) in [5.41, 5.74) is 3.64. The van der Waals surface area contributed by atoms with Gasteiger partial charge in [-0.25, -0.2) is 0 Å². The fraction of sp³-hybridized carbons (Fsp3) is 0.250. The monoisotopic (exact) mass is 332 g/mol. The minimum atomic E-state index is 0.613. The first-order valence-corrected chi connectivity index (χ1v) is 7.49. The van der Waals surface area contributed by atoms with Crippen molar-refractivity contribution in [2.45, 2.75) is 13.2 Å². The Kier molecular flexibility index (Phi) is 6.31. The fourth-order valence-electron chi connectivity index (χ4n) is 1.76. The summed E-state index contributed by atoms with van der Waals surface area (Å²) in [6.07, 6.45) is 0. The van der Waals surface area contributed by atoms with Crippen LogP contribution >= 0.6 is 15.9 Å². The van der Waals surface area contributed by atoms with Gasteiger partial charge in [0.1, 0.15) is 7.85 Å². The van der Waals surface area contributed by atoms with Crippen molar-refractivity contribution in [2.75, 3.05) is 13.2 Å². The first-order valence-electron chi connectivity index (χ1n) is 6.69. The lowest BCUT2D eigenvalue weighted by molar-refractivity contribution is 0.0339. The first-order chi connectivity index (χ1) is 9.74. The van der Waals surface area contributed by atoms with Gasteiger partial charge in [0, 0.05) is 4.47 Å². The van der Waals surface area contributed by atoms with Gasteiger partial charge in [0.2, 0.25) is 0 Å². The van der Waals surface area contributed by atoms with Gasteiger partial charge in [0.15, 0.2) is 0 Å². The minimum absolute atomic E-state index is 0.613.